The number of nitrogens with zero attached hydrogens (tertiary/aromatic N) is 2. The van der Waals surface area contributed by atoms with Crippen LogP contribution in [0.15, 0.2) is 36.5 Å². The fourth-order valence-corrected chi connectivity index (χ4v) is 2.35. The van der Waals surface area contributed by atoms with Gasteiger partial charge in [-0.1, -0.05) is 41.4 Å². The number of carbonyl (C=O) groups excluding carboxylic acids is 1. The van der Waals surface area contributed by atoms with Crippen LogP contribution >= 0.6 is 23.2 Å². The molecule has 0 saturated heterocycles. The lowest BCUT2D eigenvalue weighted by Gasteiger charge is -2.23. The molecule has 1 aromatic heterocycles. The topological polar surface area (TPSA) is 33.2 Å². The van der Waals surface area contributed by atoms with Crippen LogP contribution < -0.4 is 4.90 Å². The molecule has 0 bridgehead atoms. The monoisotopic (exact) mass is 308 g/mol. The lowest BCUT2D eigenvalue weighted by atomic mass is 10.1. The van der Waals surface area contributed by atoms with Crippen molar-refractivity contribution in [3.63, 3.8) is 0 Å². The molecule has 2 aromatic rings. The van der Waals surface area contributed by atoms with E-state index in [4.69, 9.17) is 23.2 Å². The Morgan fingerprint density at radius 2 is 2.00 bits per heavy atom. The van der Waals surface area contributed by atoms with Crippen LogP contribution in [0.3, 0.4) is 0 Å². The van der Waals surface area contributed by atoms with E-state index in [1.54, 1.807) is 4.90 Å². The average molecular weight is 309 g/mol. The van der Waals surface area contributed by atoms with Crippen molar-refractivity contribution < 1.29 is 4.79 Å². The largest absolute Gasteiger partial charge is 0.308 e. The van der Waals surface area contributed by atoms with E-state index in [0.29, 0.717) is 17.1 Å². The van der Waals surface area contributed by atoms with Crippen molar-refractivity contribution in [2.75, 3.05) is 11.4 Å². The summed E-state index contributed by atoms with van der Waals surface area (Å²) in [6.07, 6.45) is 1.39. The molecule has 104 valence electrons. The van der Waals surface area contributed by atoms with Gasteiger partial charge < -0.3 is 4.90 Å². The molecule has 0 radical (unpaired) electrons. The Bertz CT molecular complexity index is 644. The highest BCUT2D eigenvalue weighted by Gasteiger charge is 2.20. The van der Waals surface area contributed by atoms with E-state index in [1.807, 2.05) is 38.1 Å². The molecular weight excluding hydrogens is 295 g/mol. The van der Waals surface area contributed by atoms with Crippen molar-refractivity contribution in [1.82, 2.24) is 4.98 Å². The van der Waals surface area contributed by atoms with Gasteiger partial charge in [0.25, 0.3) is 5.91 Å². The fraction of sp³-hybridized carbons (Fsp3) is 0.200. The highest BCUT2D eigenvalue weighted by Crippen LogP contribution is 2.25. The first-order valence-corrected chi connectivity index (χ1v) is 6.98. The van der Waals surface area contributed by atoms with E-state index >= 15 is 0 Å². The zero-order chi connectivity index (χ0) is 14.7. The maximum absolute atomic E-state index is 12.7. The Balaban J connectivity index is 2.45. The molecule has 0 saturated carbocycles. The normalized spacial score (nSPS) is 10.4. The quantitative estimate of drug-likeness (QED) is 0.789. The van der Waals surface area contributed by atoms with Crippen molar-refractivity contribution in [2.45, 2.75) is 13.8 Å². The van der Waals surface area contributed by atoms with Gasteiger partial charge in [-0.2, -0.15) is 0 Å². The number of para-hydroxylation sites is 1. The highest BCUT2D eigenvalue weighted by molar-refractivity contribution is 6.35. The fourth-order valence-electron chi connectivity index (χ4n) is 2.01. The van der Waals surface area contributed by atoms with Gasteiger partial charge >= 0.3 is 0 Å². The molecule has 20 heavy (non-hydrogen) atoms. The van der Waals surface area contributed by atoms with Gasteiger partial charge in [0, 0.05) is 18.4 Å². The summed E-state index contributed by atoms with van der Waals surface area (Å²) < 4.78 is 0. The molecule has 0 aliphatic rings. The number of halogens is 2. The van der Waals surface area contributed by atoms with Gasteiger partial charge in [-0.25, -0.2) is 4.98 Å². The van der Waals surface area contributed by atoms with Crippen molar-refractivity contribution in [3.8, 4) is 0 Å². The van der Waals surface area contributed by atoms with Crippen LogP contribution in [0.25, 0.3) is 0 Å². The summed E-state index contributed by atoms with van der Waals surface area (Å²) in [4.78, 5) is 18.2. The minimum absolute atomic E-state index is 0.184. The van der Waals surface area contributed by atoms with Crippen LogP contribution in [0.2, 0.25) is 10.2 Å². The van der Waals surface area contributed by atoms with E-state index in [-0.39, 0.29) is 11.1 Å². The number of rotatable bonds is 3. The van der Waals surface area contributed by atoms with Crippen LogP contribution in [0, 0.1) is 6.92 Å². The van der Waals surface area contributed by atoms with E-state index < -0.39 is 0 Å². The van der Waals surface area contributed by atoms with Gasteiger partial charge in [0.2, 0.25) is 0 Å². The SMILES string of the molecule is CCN(C(=O)c1cc(Cl)ncc1Cl)c1ccccc1C. The molecule has 0 spiro atoms. The molecule has 0 fully saturated rings. The maximum atomic E-state index is 12.7. The van der Waals surface area contributed by atoms with Gasteiger partial charge in [0.05, 0.1) is 10.6 Å². The molecule has 0 N–H and O–H groups in total. The summed E-state index contributed by atoms with van der Waals surface area (Å²) in [5.74, 6) is -0.184. The molecule has 0 unspecified atom stereocenters. The summed E-state index contributed by atoms with van der Waals surface area (Å²) in [7, 11) is 0. The van der Waals surface area contributed by atoms with Crippen LogP contribution in [-0.2, 0) is 0 Å². The molecular formula is C15H14Cl2N2O. The van der Waals surface area contributed by atoms with E-state index in [0.717, 1.165) is 11.3 Å². The molecule has 1 aromatic carbocycles. The molecule has 0 aliphatic heterocycles. The predicted octanol–water partition coefficient (Wildman–Crippen LogP) is 4.36. The minimum Gasteiger partial charge on any atom is -0.308 e. The van der Waals surface area contributed by atoms with Crippen LogP contribution in [0.4, 0.5) is 5.69 Å². The summed E-state index contributed by atoms with van der Waals surface area (Å²) in [6.45, 7) is 4.42. The smallest absolute Gasteiger partial charge is 0.259 e. The van der Waals surface area contributed by atoms with Crippen LogP contribution in [0.1, 0.15) is 22.8 Å². The lowest BCUT2D eigenvalue weighted by Crippen LogP contribution is -2.31. The second-order valence-corrected chi connectivity index (χ2v) is 5.12. The number of anilines is 1. The number of benzene rings is 1. The Morgan fingerprint density at radius 3 is 2.65 bits per heavy atom. The summed E-state index contributed by atoms with van der Waals surface area (Å²) in [5, 5.41) is 0.546. The second kappa shape index (κ2) is 6.25. The Morgan fingerprint density at radius 1 is 1.30 bits per heavy atom. The number of aromatic nitrogens is 1. The third-order valence-electron chi connectivity index (χ3n) is 3.02. The van der Waals surface area contributed by atoms with Crippen molar-refractivity contribution in [3.05, 3.63) is 57.8 Å². The summed E-state index contributed by atoms with van der Waals surface area (Å²) >= 11 is 11.9. The molecule has 3 nitrogen and oxygen atoms in total. The van der Waals surface area contributed by atoms with Crippen LogP contribution in [-0.4, -0.2) is 17.4 Å². The lowest BCUT2D eigenvalue weighted by molar-refractivity contribution is 0.0988. The Hall–Kier alpha value is -1.58. The molecule has 1 amide bonds. The average Bonchev–Trinajstić information content (AvgIpc) is 2.44. The third kappa shape index (κ3) is 2.94. The molecule has 2 rings (SSSR count). The number of amides is 1. The van der Waals surface area contributed by atoms with E-state index in [9.17, 15) is 4.79 Å². The number of hydrogen-bond donors (Lipinski definition) is 0. The zero-order valence-corrected chi connectivity index (χ0v) is 12.7. The molecule has 0 aliphatic carbocycles. The summed E-state index contributed by atoms with van der Waals surface area (Å²) in [6, 6.07) is 9.21. The summed E-state index contributed by atoms with van der Waals surface area (Å²) in [5.41, 5.74) is 2.25. The van der Waals surface area contributed by atoms with Gasteiger partial charge in [0.1, 0.15) is 5.15 Å². The van der Waals surface area contributed by atoms with Crippen LogP contribution in [0.5, 0.6) is 0 Å². The number of aryl methyl sites for hydroxylation is 1. The first kappa shape index (κ1) is 14.8. The Kier molecular flexibility index (Phi) is 4.63. The first-order valence-electron chi connectivity index (χ1n) is 6.23. The van der Waals surface area contributed by atoms with E-state index in [2.05, 4.69) is 4.98 Å². The Labute approximate surface area is 128 Å². The zero-order valence-electron chi connectivity index (χ0n) is 11.2. The van der Waals surface area contributed by atoms with Crippen molar-refractivity contribution >= 4 is 34.8 Å². The molecule has 0 atom stereocenters. The number of carbonyl (C=O) groups is 1. The predicted molar refractivity (Wildman–Crippen MR) is 82.8 cm³/mol. The van der Waals surface area contributed by atoms with Gasteiger partial charge in [-0.15, -0.1) is 0 Å². The minimum atomic E-state index is -0.184. The number of hydrogen-bond acceptors (Lipinski definition) is 2. The molecule has 5 heteroatoms. The first-order chi connectivity index (χ1) is 9.54. The van der Waals surface area contributed by atoms with Crippen molar-refractivity contribution in [1.29, 1.82) is 0 Å². The second-order valence-electron chi connectivity index (χ2n) is 4.32. The maximum Gasteiger partial charge on any atom is 0.259 e. The third-order valence-corrected chi connectivity index (χ3v) is 3.53. The molecule has 1 heterocycles. The van der Waals surface area contributed by atoms with Gasteiger partial charge in [-0.05, 0) is 31.5 Å². The van der Waals surface area contributed by atoms with Gasteiger partial charge in [0.15, 0.2) is 0 Å². The van der Waals surface area contributed by atoms with E-state index in [1.165, 1.54) is 12.3 Å². The number of pyridine rings is 1. The standard InChI is InChI=1S/C15H14Cl2N2O/c1-3-19(13-7-5-4-6-10(13)2)15(20)11-8-14(17)18-9-12(11)16/h4-9H,3H2,1-2H3. The van der Waals surface area contributed by atoms with Gasteiger partial charge in [-0.3, -0.25) is 4.79 Å². The van der Waals surface area contributed by atoms with Crippen molar-refractivity contribution in [2.24, 2.45) is 0 Å². The highest BCUT2D eigenvalue weighted by atomic mass is 35.5.